The van der Waals surface area contributed by atoms with Gasteiger partial charge < -0.3 is 13.7 Å². The van der Waals surface area contributed by atoms with E-state index in [4.69, 9.17) is 14.1 Å². The number of thioether (sulfide) groups is 1. The molecule has 0 fully saturated rings. The summed E-state index contributed by atoms with van der Waals surface area (Å²) in [6, 6.07) is 15.1. The van der Waals surface area contributed by atoms with Crippen molar-refractivity contribution in [2.75, 3.05) is 6.61 Å². The SMILES string of the molecule is CCOC(=O)c1ccc2c(c1)nc(SC(C)c1nnc(-c3ccccc3)o1)n2CC. The zero-order chi connectivity index (χ0) is 21.1. The number of benzene rings is 2. The summed E-state index contributed by atoms with van der Waals surface area (Å²) < 4.78 is 13.1. The second kappa shape index (κ2) is 8.71. The second-order valence-electron chi connectivity index (χ2n) is 6.63. The molecule has 0 radical (unpaired) electrons. The molecule has 0 saturated carbocycles. The van der Waals surface area contributed by atoms with Gasteiger partial charge in [0.1, 0.15) is 0 Å². The van der Waals surface area contributed by atoms with Gasteiger partial charge in [-0.05, 0) is 51.1 Å². The molecule has 30 heavy (non-hydrogen) atoms. The molecule has 1 atom stereocenters. The number of esters is 1. The molecular weight excluding hydrogens is 400 g/mol. The lowest BCUT2D eigenvalue weighted by Gasteiger charge is -2.08. The monoisotopic (exact) mass is 422 g/mol. The fourth-order valence-electron chi connectivity index (χ4n) is 3.15. The van der Waals surface area contributed by atoms with Crippen LogP contribution in [0.4, 0.5) is 0 Å². The van der Waals surface area contributed by atoms with Crippen molar-refractivity contribution < 1.29 is 13.9 Å². The van der Waals surface area contributed by atoms with E-state index in [1.807, 2.05) is 43.3 Å². The molecule has 4 rings (SSSR count). The molecule has 0 N–H and O–H groups in total. The third-order valence-electron chi connectivity index (χ3n) is 4.63. The van der Waals surface area contributed by atoms with Gasteiger partial charge >= 0.3 is 5.97 Å². The maximum atomic E-state index is 12.0. The highest BCUT2D eigenvalue weighted by atomic mass is 32.2. The number of hydrogen-bond acceptors (Lipinski definition) is 7. The van der Waals surface area contributed by atoms with E-state index in [1.54, 1.807) is 30.8 Å². The summed E-state index contributed by atoms with van der Waals surface area (Å²) in [6.45, 7) is 6.96. The Labute approximate surface area is 178 Å². The van der Waals surface area contributed by atoms with Crippen LogP contribution in [0.2, 0.25) is 0 Å². The van der Waals surface area contributed by atoms with Crippen LogP contribution in [0.5, 0.6) is 0 Å². The Morgan fingerprint density at radius 1 is 1.17 bits per heavy atom. The summed E-state index contributed by atoms with van der Waals surface area (Å²) in [6.07, 6.45) is 0. The molecule has 7 nitrogen and oxygen atoms in total. The van der Waals surface area contributed by atoms with Gasteiger partial charge in [-0.2, -0.15) is 0 Å². The number of carbonyl (C=O) groups is 1. The van der Waals surface area contributed by atoms with Crippen LogP contribution in [0.1, 0.15) is 42.3 Å². The second-order valence-corrected chi connectivity index (χ2v) is 7.94. The zero-order valence-electron chi connectivity index (χ0n) is 17.0. The molecule has 1 unspecified atom stereocenters. The molecule has 0 aliphatic rings. The van der Waals surface area contributed by atoms with Crippen LogP contribution < -0.4 is 0 Å². The number of hydrogen-bond donors (Lipinski definition) is 0. The smallest absolute Gasteiger partial charge is 0.338 e. The summed E-state index contributed by atoms with van der Waals surface area (Å²) >= 11 is 1.55. The molecule has 154 valence electrons. The van der Waals surface area contributed by atoms with E-state index in [-0.39, 0.29) is 11.2 Å². The highest BCUT2D eigenvalue weighted by Crippen LogP contribution is 2.36. The fourth-order valence-corrected chi connectivity index (χ4v) is 4.17. The van der Waals surface area contributed by atoms with E-state index < -0.39 is 0 Å². The van der Waals surface area contributed by atoms with Gasteiger partial charge in [-0.3, -0.25) is 0 Å². The number of imidazole rings is 1. The molecule has 0 amide bonds. The average molecular weight is 423 g/mol. The van der Waals surface area contributed by atoms with Crippen molar-refractivity contribution in [1.82, 2.24) is 19.7 Å². The highest BCUT2D eigenvalue weighted by molar-refractivity contribution is 7.99. The number of nitrogens with zero attached hydrogens (tertiary/aromatic N) is 4. The van der Waals surface area contributed by atoms with Crippen LogP contribution in [-0.4, -0.2) is 32.3 Å². The Hall–Kier alpha value is -3.13. The predicted molar refractivity (Wildman–Crippen MR) is 115 cm³/mol. The zero-order valence-corrected chi connectivity index (χ0v) is 17.8. The summed E-state index contributed by atoms with van der Waals surface area (Å²) in [7, 11) is 0. The van der Waals surface area contributed by atoms with Crippen molar-refractivity contribution in [2.24, 2.45) is 0 Å². The van der Waals surface area contributed by atoms with Crippen molar-refractivity contribution in [3.63, 3.8) is 0 Å². The van der Waals surface area contributed by atoms with Crippen molar-refractivity contribution in [3.8, 4) is 11.5 Å². The first-order valence-electron chi connectivity index (χ1n) is 9.83. The van der Waals surface area contributed by atoms with Gasteiger partial charge in [0.25, 0.3) is 0 Å². The van der Waals surface area contributed by atoms with E-state index in [1.165, 1.54) is 0 Å². The molecular formula is C22H22N4O3S. The molecule has 4 aromatic rings. The lowest BCUT2D eigenvalue weighted by molar-refractivity contribution is 0.0526. The van der Waals surface area contributed by atoms with Gasteiger partial charge in [0.05, 0.1) is 28.5 Å². The molecule has 2 aromatic carbocycles. The van der Waals surface area contributed by atoms with E-state index >= 15 is 0 Å². The summed E-state index contributed by atoms with van der Waals surface area (Å²) in [4.78, 5) is 16.8. The average Bonchev–Trinajstić information content (AvgIpc) is 3.38. The Morgan fingerprint density at radius 2 is 1.97 bits per heavy atom. The minimum Gasteiger partial charge on any atom is -0.462 e. The molecule has 2 aromatic heterocycles. The maximum absolute atomic E-state index is 12.0. The fraction of sp³-hybridized carbons (Fsp3) is 0.273. The first-order chi connectivity index (χ1) is 14.6. The van der Waals surface area contributed by atoms with Crippen molar-refractivity contribution in [2.45, 2.75) is 37.7 Å². The molecule has 0 aliphatic carbocycles. The minimum absolute atomic E-state index is 0.0819. The van der Waals surface area contributed by atoms with Crippen LogP contribution in [0, 0.1) is 0 Å². The van der Waals surface area contributed by atoms with Gasteiger partial charge in [0.15, 0.2) is 5.16 Å². The van der Waals surface area contributed by atoms with Crippen LogP contribution in [-0.2, 0) is 11.3 Å². The standard InChI is InChI=1S/C22H22N4O3S/c1-4-26-18-12-11-16(21(27)28-5-2)13-17(18)23-22(26)30-14(3)19-24-25-20(29-19)15-9-7-6-8-10-15/h6-14H,4-5H2,1-3H3. The predicted octanol–water partition coefficient (Wildman–Crippen LogP) is 5.14. The summed E-state index contributed by atoms with van der Waals surface area (Å²) in [5.74, 6) is 0.703. The van der Waals surface area contributed by atoms with Crippen LogP contribution in [0.15, 0.2) is 58.1 Å². The molecule has 2 heterocycles. The Kier molecular flexibility index (Phi) is 5.85. The highest BCUT2D eigenvalue weighted by Gasteiger charge is 2.20. The number of ether oxygens (including phenoxy) is 1. The van der Waals surface area contributed by atoms with E-state index in [2.05, 4.69) is 21.7 Å². The number of aromatic nitrogens is 4. The van der Waals surface area contributed by atoms with Gasteiger partial charge in [-0.15, -0.1) is 10.2 Å². The number of rotatable bonds is 7. The quantitative estimate of drug-likeness (QED) is 0.301. The largest absolute Gasteiger partial charge is 0.462 e. The molecule has 0 bridgehead atoms. The lowest BCUT2D eigenvalue weighted by atomic mass is 10.2. The number of fused-ring (bicyclic) bond motifs is 1. The van der Waals surface area contributed by atoms with Gasteiger partial charge in [0.2, 0.25) is 11.8 Å². The third kappa shape index (κ3) is 3.95. The Morgan fingerprint density at radius 3 is 2.70 bits per heavy atom. The normalized spacial score (nSPS) is 12.2. The Balaban J connectivity index is 1.60. The van der Waals surface area contributed by atoms with Crippen molar-refractivity contribution in [1.29, 1.82) is 0 Å². The van der Waals surface area contributed by atoms with Crippen LogP contribution in [0.25, 0.3) is 22.5 Å². The van der Waals surface area contributed by atoms with Crippen LogP contribution in [0.3, 0.4) is 0 Å². The molecule has 0 saturated heterocycles. The lowest BCUT2D eigenvalue weighted by Crippen LogP contribution is -2.04. The third-order valence-corrected chi connectivity index (χ3v) is 5.71. The topological polar surface area (TPSA) is 83.0 Å². The van der Waals surface area contributed by atoms with Gasteiger partial charge in [0, 0.05) is 12.1 Å². The van der Waals surface area contributed by atoms with E-state index in [0.717, 1.165) is 28.3 Å². The maximum Gasteiger partial charge on any atom is 0.338 e. The van der Waals surface area contributed by atoms with E-state index in [0.29, 0.717) is 24.0 Å². The minimum atomic E-state index is -0.340. The first kappa shape index (κ1) is 20.2. The van der Waals surface area contributed by atoms with Gasteiger partial charge in [-0.25, -0.2) is 9.78 Å². The first-order valence-corrected chi connectivity index (χ1v) is 10.7. The number of aryl methyl sites for hydroxylation is 1. The van der Waals surface area contributed by atoms with Gasteiger partial charge in [-0.1, -0.05) is 30.0 Å². The summed E-state index contributed by atoms with van der Waals surface area (Å²) in [5, 5.41) is 9.15. The Bertz CT molecular complexity index is 1170. The van der Waals surface area contributed by atoms with Crippen molar-refractivity contribution >= 4 is 28.8 Å². The molecule has 0 spiro atoms. The summed E-state index contributed by atoms with van der Waals surface area (Å²) in [5.41, 5.74) is 3.11. The van der Waals surface area contributed by atoms with E-state index in [9.17, 15) is 4.79 Å². The van der Waals surface area contributed by atoms with Crippen LogP contribution >= 0.6 is 11.8 Å². The molecule has 0 aliphatic heterocycles. The number of carbonyl (C=O) groups excluding carboxylic acids is 1. The molecule has 8 heteroatoms. The van der Waals surface area contributed by atoms with Crippen molar-refractivity contribution in [3.05, 3.63) is 60.0 Å².